The van der Waals surface area contributed by atoms with E-state index in [1.165, 1.54) is 113 Å². The Balaban J connectivity index is 0.748. The normalized spacial score (nSPS) is 40.6. The summed E-state index contributed by atoms with van der Waals surface area (Å²) in [7, 11) is 0. The first-order valence-corrected chi connectivity index (χ1v) is 22.7. The Morgan fingerprint density at radius 3 is 1.78 bits per heavy atom. The molecule has 8 aliphatic carbocycles. The van der Waals surface area contributed by atoms with Crippen molar-refractivity contribution in [2.24, 2.45) is 70.5 Å². The predicted octanol–water partition coefficient (Wildman–Crippen LogP) is 13.7. The molecule has 0 bridgehead atoms. The monoisotopic (exact) mass is 716 g/mol. The first-order valence-electron chi connectivity index (χ1n) is 22.7. The number of phenols is 2. The molecule has 7 saturated carbocycles. The third kappa shape index (κ3) is 5.16. The third-order valence-electron chi connectivity index (χ3n) is 18.3. The van der Waals surface area contributed by atoms with Gasteiger partial charge in [0, 0.05) is 11.1 Å². The maximum Gasteiger partial charge on any atom is 0.124 e. The van der Waals surface area contributed by atoms with Crippen molar-refractivity contribution in [3.05, 3.63) is 77.9 Å². The lowest BCUT2D eigenvalue weighted by Gasteiger charge is -2.40. The quantitative estimate of drug-likeness (QED) is 0.209. The fraction of sp³-hybridized carbons (Fsp3) is 0.577. The Morgan fingerprint density at radius 1 is 0.574 bits per heavy atom. The Hall–Kier alpha value is -3.26. The molecule has 54 heavy (non-hydrogen) atoms. The van der Waals surface area contributed by atoms with Gasteiger partial charge in [0.1, 0.15) is 11.5 Å². The Bertz CT molecular complexity index is 2150. The molecule has 2 heteroatoms. The zero-order valence-corrected chi connectivity index (χ0v) is 32.5. The van der Waals surface area contributed by atoms with Crippen LogP contribution < -0.4 is 0 Å². The average Bonchev–Trinajstić information content (AvgIpc) is 4.10. The van der Waals surface area contributed by atoms with Crippen molar-refractivity contribution < 1.29 is 10.2 Å². The lowest BCUT2D eigenvalue weighted by atomic mass is 9.65. The van der Waals surface area contributed by atoms with Crippen molar-refractivity contribution >= 4 is 27.1 Å². The van der Waals surface area contributed by atoms with Crippen molar-refractivity contribution in [3.8, 4) is 22.6 Å². The number of rotatable bonds is 6. The van der Waals surface area contributed by atoms with Crippen LogP contribution in [0.2, 0.25) is 0 Å². The van der Waals surface area contributed by atoms with Gasteiger partial charge in [-0.25, -0.2) is 0 Å². The van der Waals surface area contributed by atoms with Gasteiger partial charge in [-0.2, -0.15) is 0 Å². The zero-order chi connectivity index (χ0) is 35.9. The van der Waals surface area contributed by atoms with Gasteiger partial charge in [-0.3, -0.25) is 0 Å². The van der Waals surface area contributed by atoms with Gasteiger partial charge in [0.25, 0.3) is 0 Å². The summed E-state index contributed by atoms with van der Waals surface area (Å²) in [6.07, 6.45) is 25.2. The minimum atomic E-state index is 0.232. The van der Waals surface area contributed by atoms with Gasteiger partial charge in [0.05, 0.1) is 0 Å². The summed E-state index contributed by atoms with van der Waals surface area (Å²) in [6, 6.07) is 21.5. The highest BCUT2D eigenvalue weighted by Crippen LogP contribution is 2.85. The minimum absolute atomic E-state index is 0.232. The summed E-state index contributed by atoms with van der Waals surface area (Å²) in [5.41, 5.74) is 6.58. The van der Waals surface area contributed by atoms with Gasteiger partial charge in [-0.15, -0.1) is 0 Å². The van der Waals surface area contributed by atoms with Gasteiger partial charge in [-0.05, 0) is 236 Å². The smallest absolute Gasteiger partial charge is 0.124 e. The van der Waals surface area contributed by atoms with Gasteiger partial charge < -0.3 is 10.2 Å². The molecule has 1 spiro atoms. The lowest BCUT2D eigenvalue weighted by Crippen LogP contribution is -2.29. The molecule has 0 aliphatic heterocycles. The standard InChI is InChI=1S/C52H60O2/c1-29-50-51(29)52(50)24-22-35(23-25-52)32-4-8-34(9-5-32)38-15-19-42-40(27-38)17-21-46(54)49(42)48-41-18-14-37(26-39(41)16-20-45(48)53)33-6-2-30(3-7-33)31-10-12-36(13-11-31)47-43-28-44(43)47/h6,14-21,26-27,29-32,34-36,43-44,47,50-51,53-54H,2-5,7-13,22-25,28H2,1H3. The average molecular weight is 717 g/mol. The molecule has 0 heterocycles. The van der Waals surface area contributed by atoms with Crippen molar-refractivity contribution in [1.82, 2.24) is 0 Å². The number of fused-ring (bicyclic) bond motifs is 6. The highest BCUT2D eigenvalue weighted by atomic mass is 16.3. The topological polar surface area (TPSA) is 40.5 Å². The Kier molecular flexibility index (Phi) is 7.39. The van der Waals surface area contributed by atoms with Crippen LogP contribution in [-0.4, -0.2) is 10.2 Å². The van der Waals surface area contributed by atoms with Crippen molar-refractivity contribution in [2.75, 3.05) is 0 Å². The Labute approximate surface area is 322 Å². The van der Waals surface area contributed by atoms with E-state index in [4.69, 9.17) is 0 Å². The number of hydrogen-bond donors (Lipinski definition) is 2. The van der Waals surface area contributed by atoms with Crippen molar-refractivity contribution in [3.63, 3.8) is 0 Å². The van der Waals surface area contributed by atoms with Crippen molar-refractivity contribution in [2.45, 2.75) is 116 Å². The van der Waals surface area contributed by atoms with E-state index in [0.717, 1.165) is 103 Å². The summed E-state index contributed by atoms with van der Waals surface area (Å²) in [4.78, 5) is 0. The van der Waals surface area contributed by atoms with E-state index in [2.05, 4.69) is 61.5 Å². The lowest BCUT2D eigenvalue weighted by molar-refractivity contribution is 0.115. The van der Waals surface area contributed by atoms with Crippen LogP contribution in [0.15, 0.2) is 66.7 Å². The molecule has 4 aromatic rings. The van der Waals surface area contributed by atoms with Crippen LogP contribution in [0, 0.1) is 70.5 Å². The predicted molar refractivity (Wildman–Crippen MR) is 221 cm³/mol. The van der Waals surface area contributed by atoms with E-state index >= 15 is 0 Å². The molecule has 8 aliphatic rings. The molecule has 5 atom stereocenters. The molecule has 280 valence electrons. The number of phenolic OH excluding ortho intramolecular Hbond substituents is 2. The van der Waals surface area contributed by atoms with Crippen LogP contribution in [-0.2, 0) is 0 Å². The second-order valence-electron chi connectivity index (χ2n) is 20.5. The highest BCUT2D eigenvalue weighted by Gasteiger charge is 2.80. The summed E-state index contributed by atoms with van der Waals surface area (Å²) < 4.78 is 0. The molecule has 0 radical (unpaired) electrons. The number of hydrogen-bond acceptors (Lipinski definition) is 2. The van der Waals surface area contributed by atoms with E-state index in [1.807, 2.05) is 12.1 Å². The first-order chi connectivity index (χ1) is 26.4. The second kappa shape index (κ2) is 12.1. The number of allylic oxidation sites excluding steroid dienone is 2. The molecule has 5 unspecified atom stereocenters. The van der Waals surface area contributed by atoms with Crippen LogP contribution in [0.25, 0.3) is 38.2 Å². The third-order valence-corrected chi connectivity index (χ3v) is 18.3. The first kappa shape index (κ1) is 32.9. The molecule has 4 aromatic carbocycles. The van der Waals surface area contributed by atoms with Gasteiger partial charge >= 0.3 is 0 Å². The van der Waals surface area contributed by atoms with E-state index in [9.17, 15) is 10.2 Å². The van der Waals surface area contributed by atoms with Crippen LogP contribution in [0.3, 0.4) is 0 Å². The van der Waals surface area contributed by atoms with Crippen LogP contribution >= 0.6 is 0 Å². The molecular weight excluding hydrogens is 657 g/mol. The zero-order valence-electron chi connectivity index (χ0n) is 32.5. The van der Waals surface area contributed by atoms with E-state index < -0.39 is 0 Å². The van der Waals surface area contributed by atoms with Gasteiger partial charge in [-0.1, -0.05) is 55.5 Å². The van der Waals surface area contributed by atoms with Crippen LogP contribution in [0.1, 0.15) is 127 Å². The van der Waals surface area contributed by atoms with Crippen molar-refractivity contribution in [1.29, 1.82) is 0 Å². The highest BCUT2D eigenvalue weighted by molar-refractivity contribution is 6.10. The van der Waals surface area contributed by atoms with Gasteiger partial charge in [0.2, 0.25) is 0 Å². The summed E-state index contributed by atoms with van der Waals surface area (Å²) in [5.74, 6) is 12.6. The summed E-state index contributed by atoms with van der Waals surface area (Å²) in [6.45, 7) is 2.48. The fourth-order valence-corrected chi connectivity index (χ4v) is 14.9. The fourth-order valence-electron chi connectivity index (χ4n) is 14.9. The number of benzene rings is 4. The van der Waals surface area contributed by atoms with E-state index in [1.54, 1.807) is 6.42 Å². The Morgan fingerprint density at radius 2 is 1.17 bits per heavy atom. The molecule has 0 amide bonds. The molecule has 0 saturated heterocycles. The maximum atomic E-state index is 11.4. The molecular formula is C52H60O2. The second-order valence-corrected chi connectivity index (χ2v) is 20.5. The largest absolute Gasteiger partial charge is 0.507 e. The summed E-state index contributed by atoms with van der Waals surface area (Å²) >= 11 is 0. The van der Waals surface area contributed by atoms with E-state index in [-0.39, 0.29) is 11.5 Å². The van der Waals surface area contributed by atoms with Crippen LogP contribution in [0.5, 0.6) is 11.5 Å². The SMILES string of the molecule is CC1C2C1C21CCC(C2CCC(c3ccc4c(-c5c(O)ccc6cc(C7=CCC(C8CCC(C9C%10CC%109)CC8)CC7)ccc56)c(O)ccc4c3)CC2)CC1. The molecule has 7 fully saturated rings. The summed E-state index contributed by atoms with van der Waals surface area (Å²) in [5, 5.41) is 27.1. The van der Waals surface area contributed by atoms with E-state index in [0.29, 0.717) is 5.92 Å². The maximum absolute atomic E-state index is 11.4. The molecule has 0 aromatic heterocycles. The molecule has 2 N–H and O–H groups in total. The molecule has 2 nitrogen and oxygen atoms in total. The van der Waals surface area contributed by atoms with Gasteiger partial charge in [0.15, 0.2) is 0 Å². The minimum Gasteiger partial charge on any atom is -0.507 e. The van der Waals surface area contributed by atoms with Crippen LogP contribution in [0.4, 0.5) is 0 Å². The molecule has 12 rings (SSSR count). The number of aromatic hydroxyl groups is 2.